The summed E-state index contributed by atoms with van der Waals surface area (Å²) in [6.07, 6.45) is 1.01. The SMILES string of the molecule is CCOC(=O)N(OC)C(=N)SC. The van der Waals surface area contributed by atoms with Gasteiger partial charge in [-0.3, -0.25) is 10.2 Å². The van der Waals surface area contributed by atoms with Gasteiger partial charge in [-0.05, 0) is 13.2 Å². The van der Waals surface area contributed by atoms with E-state index < -0.39 is 6.09 Å². The van der Waals surface area contributed by atoms with E-state index in [9.17, 15) is 4.79 Å². The predicted octanol–water partition coefficient (Wildman–Crippen LogP) is 1.30. The van der Waals surface area contributed by atoms with Crippen LogP contribution in [-0.2, 0) is 9.57 Å². The first-order valence-electron chi connectivity index (χ1n) is 3.30. The lowest BCUT2D eigenvalue weighted by Crippen LogP contribution is -2.34. The summed E-state index contributed by atoms with van der Waals surface area (Å²) in [5.74, 6) is 0. The summed E-state index contributed by atoms with van der Waals surface area (Å²) < 4.78 is 4.63. The molecule has 0 aromatic heterocycles. The Labute approximate surface area is 75.5 Å². The molecule has 0 saturated heterocycles. The third-order valence-corrected chi connectivity index (χ3v) is 1.55. The number of hydrogen-bond donors (Lipinski definition) is 1. The van der Waals surface area contributed by atoms with Crippen LogP contribution < -0.4 is 0 Å². The van der Waals surface area contributed by atoms with Crippen LogP contribution in [0.4, 0.5) is 4.79 Å². The number of amidine groups is 1. The molecule has 70 valence electrons. The average molecular weight is 192 g/mol. The Balaban J connectivity index is 4.14. The first-order chi connectivity index (χ1) is 5.67. The van der Waals surface area contributed by atoms with Crippen molar-refractivity contribution < 1.29 is 14.4 Å². The number of hydrogen-bond acceptors (Lipinski definition) is 5. The van der Waals surface area contributed by atoms with Crippen molar-refractivity contribution >= 4 is 23.0 Å². The van der Waals surface area contributed by atoms with E-state index in [1.54, 1.807) is 13.2 Å². The zero-order valence-corrected chi connectivity index (χ0v) is 8.10. The minimum atomic E-state index is -0.667. The van der Waals surface area contributed by atoms with E-state index in [1.165, 1.54) is 7.11 Å². The van der Waals surface area contributed by atoms with Gasteiger partial charge in [-0.2, -0.15) is 0 Å². The zero-order valence-electron chi connectivity index (χ0n) is 7.29. The van der Waals surface area contributed by atoms with Gasteiger partial charge in [0.2, 0.25) is 0 Å². The van der Waals surface area contributed by atoms with Crippen molar-refractivity contribution in [3.8, 4) is 0 Å². The Morgan fingerprint density at radius 3 is 2.58 bits per heavy atom. The summed E-state index contributed by atoms with van der Waals surface area (Å²) in [6, 6.07) is 0. The molecule has 0 aliphatic heterocycles. The van der Waals surface area contributed by atoms with Crippen molar-refractivity contribution in [1.29, 1.82) is 5.41 Å². The van der Waals surface area contributed by atoms with Crippen molar-refractivity contribution in [2.75, 3.05) is 20.0 Å². The molecular formula is C6H12N2O3S. The van der Waals surface area contributed by atoms with Crippen molar-refractivity contribution in [2.24, 2.45) is 0 Å². The molecule has 0 aliphatic rings. The maximum absolute atomic E-state index is 11.0. The summed E-state index contributed by atoms with van der Waals surface area (Å²) in [7, 11) is 1.31. The molecule has 0 aromatic rings. The Bertz CT molecular complexity index is 174. The number of rotatable bonds is 2. The lowest BCUT2D eigenvalue weighted by molar-refractivity contribution is -0.0510. The van der Waals surface area contributed by atoms with E-state index in [0.717, 1.165) is 16.8 Å². The van der Waals surface area contributed by atoms with E-state index in [-0.39, 0.29) is 11.8 Å². The van der Waals surface area contributed by atoms with E-state index in [0.29, 0.717) is 0 Å². The van der Waals surface area contributed by atoms with Gasteiger partial charge in [0.15, 0.2) is 5.17 Å². The van der Waals surface area contributed by atoms with Gasteiger partial charge in [-0.25, -0.2) is 4.79 Å². The largest absolute Gasteiger partial charge is 0.448 e. The Morgan fingerprint density at radius 2 is 2.25 bits per heavy atom. The average Bonchev–Trinajstić information content (AvgIpc) is 2.06. The van der Waals surface area contributed by atoms with E-state index >= 15 is 0 Å². The lowest BCUT2D eigenvalue weighted by atomic mass is 10.8. The molecule has 0 fully saturated rings. The molecular weight excluding hydrogens is 180 g/mol. The first-order valence-corrected chi connectivity index (χ1v) is 4.53. The number of carbonyl (C=O) groups excluding carboxylic acids is 1. The van der Waals surface area contributed by atoms with Gasteiger partial charge in [0.1, 0.15) is 0 Å². The summed E-state index contributed by atoms with van der Waals surface area (Å²) in [4.78, 5) is 15.6. The number of hydroxylamine groups is 2. The highest BCUT2D eigenvalue weighted by atomic mass is 32.2. The van der Waals surface area contributed by atoms with Crippen LogP contribution in [-0.4, -0.2) is 36.3 Å². The van der Waals surface area contributed by atoms with Gasteiger partial charge in [0, 0.05) is 0 Å². The number of ether oxygens (including phenoxy) is 1. The number of amides is 1. The highest BCUT2D eigenvalue weighted by molar-refractivity contribution is 8.13. The third kappa shape index (κ3) is 3.10. The number of nitrogens with zero attached hydrogens (tertiary/aromatic N) is 1. The lowest BCUT2D eigenvalue weighted by Gasteiger charge is -2.17. The summed E-state index contributed by atoms with van der Waals surface area (Å²) in [5.41, 5.74) is 0. The van der Waals surface area contributed by atoms with Gasteiger partial charge in [-0.15, -0.1) is 5.06 Å². The van der Waals surface area contributed by atoms with Crippen LogP contribution in [0.2, 0.25) is 0 Å². The molecule has 0 unspecified atom stereocenters. The topological polar surface area (TPSA) is 62.6 Å². The molecule has 1 N–H and O–H groups in total. The van der Waals surface area contributed by atoms with Crippen LogP contribution >= 0.6 is 11.8 Å². The molecule has 12 heavy (non-hydrogen) atoms. The molecule has 0 heterocycles. The van der Waals surface area contributed by atoms with Crippen molar-refractivity contribution in [3.63, 3.8) is 0 Å². The fraction of sp³-hybridized carbons (Fsp3) is 0.667. The van der Waals surface area contributed by atoms with Gasteiger partial charge in [0.05, 0.1) is 13.7 Å². The predicted molar refractivity (Wildman–Crippen MR) is 47.1 cm³/mol. The van der Waals surface area contributed by atoms with E-state index in [4.69, 9.17) is 5.41 Å². The van der Waals surface area contributed by atoms with Crippen LogP contribution in [0.5, 0.6) is 0 Å². The second kappa shape index (κ2) is 5.84. The molecule has 0 radical (unpaired) electrons. The highest BCUT2D eigenvalue weighted by Gasteiger charge is 2.18. The molecule has 0 spiro atoms. The number of nitrogens with one attached hydrogen (secondary N) is 1. The van der Waals surface area contributed by atoms with Gasteiger partial charge < -0.3 is 4.74 Å². The quantitative estimate of drug-likeness (QED) is 0.407. The third-order valence-electron chi connectivity index (χ3n) is 0.994. The van der Waals surface area contributed by atoms with Crippen molar-refractivity contribution in [3.05, 3.63) is 0 Å². The molecule has 0 bridgehead atoms. The maximum atomic E-state index is 11.0. The molecule has 0 rings (SSSR count). The zero-order chi connectivity index (χ0) is 9.56. The summed E-state index contributed by atoms with van der Waals surface area (Å²) in [5, 5.41) is 8.05. The van der Waals surface area contributed by atoms with Crippen LogP contribution in [0.3, 0.4) is 0 Å². The first kappa shape index (κ1) is 11.2. The van der Waals surface area contributed by atoms with E-state index in [1.807, 2.05) is 0 Å². The molecule has 0 saturated carbocycles. The summed E-state index contributed by atoms with van der Waals surface area (Å²) in [6.45, 7) is 1.95. The maximum Gasteiger partial charge on any atom is 0.440 e. The molecule has 1 amide bonds. The second-order valence-corrected chi connectivity index (χ2v) is 2.48. The van der Waals surface area contributed by atoms with Gasteiger partial charge in [0.25, 0.3) is 0 Å². The fourth-order valence-corrected chi connectivity index (χ4v) is 0.820. The van der Waals surface area contributed by atoms with Crippen LogP contribution in [0, 0.1) is 5.41 Å². The van der Waals surface area contributed by atoms with Crippen molar-refractivity contribution in [1.82, 2.24) is 5.06 Å². The minimum absolute atomic E-state index is 0.00375. The number of carbonyl (C=O) groups is 1. The Kier molecular flexibility index (Phi) is 5.48. The smallest absolute Gasteiger partial charge is 0.440 e. The Hall–Kier alpha value is -0.750. The normalized spacial score (nSPS) is 9.25. The highest BCUT2D eigenvalue weighted by Crippen LogP contribution is 2.04. The van der Waals surface area contributed by atoms with E-state index in [2.05, 4.69) is 9.57 Å². The Morgan fingerprint density at radius 1 is 1.67 bits per heavy atom. The molecule has 0 aromatic carbocycles. The van der Waals surface area contributed by atoms with Crippen LogP contribution in [0.1, 0.15) is 6.92 Å². The molecule has 6 heteroatoms. The van der Waals surface area contributed by atoms with Gasteiger partial charge >= 0.3 is 6.09 Å². The van der Waals surface area contributed by atoms with Crippen molar-refractivity contribution in [2.45, 2.75) is 6.92 Å². The van der Waals surface area contributed by atoms with Gasteiger partial charge in [-0.1, -0.05) is 11.8 Å². The minimum Gasteiger partial charge on any atom is -0.448 e. The standard InChI is InChI=1S/C6H12N2O3S/c1-4-11-6(9)8(10-2)5(7)12-3/h7H,4H2,1-3H3. The molecule has 0 aliphatic carbocycles. The summed E-state index contributed by atoms with van der Waals surface area (Å²) >= 11 is 1.10. The van der Waals surface area contributed by atoms with Crippen LogP contribution in [0.25, 0.3) is 0 Å². The number of thioether (sulfide) groups is 1. The monoisotopic (exact) mass is 192 g/mol. The second-order valence-electron chi connectivity index (χ2n) is 1.69. The molecule has 5 nitrogen and oxygen atoms in total. The van der Waals surface area contributed by atoms with Crippen LogP contribution in [0.15, 0.2) is 0 Å². The molecule has 0 atom stereocenters. The fourth-order valence-electron chi connectivity index (χ4n) is 0.505.